The lowest BCUT2D eigenvalue weighted by Crippen LogP contribution is -2.27. The molecule has 120 valence electrons. The molecule has 0 radical (unpaired) electrons. The lowest BCUT2D eigenvalue weighted by atomic mass is 10.2. The fraction of sp³-hybridized carbons (Fsp3) is 0.357. The first-order valence-corrected chi connectivity index (χ1v) is 8.89. The van der Waals surface area contributed by atoms with E-state index in [9.17, 15) is 8.42 Å². The van der Waals surface area contributed by atoms with Crippen LogP contribution in [-0.2, 0) is 23.1 Å². The van der Waals surface area contributed by atoms with E-state index in [-0.39, 0.29) is 16.5 Å². The van der Waals surface area contributed by atoms with E-state index in [0.29, 0.717) is 5.02 Å². The van der Waals surface area contributed by atoms with Crippen LogP contribution in [0, 0.1) is 6.92 Å². The van der Waals surface area contributed by atoms with Crippen LogP contribution in [-0.4, -0.2) is 29.6 Å². The van der Waals surface area contributed by atoms with Crippen LogP contribution in [0.4, 0.5) is 0 Å². The van der Waals surface area contributed by atoms with Gasteiger partial charge in [-0.3, -0.25) is 4.68 Å². The second-order valence-corrected chi connectivity index (χ2v) is 7.76. The van der Waals surface area contributed by atoms with Crippen molar-refractivity contribution in [2.75, 3.05) is 7.05 Å². The second kappa shape index (κ2) is 6.58. The molecule has 2 rings (SSSR count). The Morgan fingerprint density at radius 1 is 1.32 bits per heavy atom. The summed E-state index contributed by atoms with van der Waals surface area (Å²) >= 11 is 11.9. The van der Waals surface area contributed by atoms with E-state index in [1.807, 2.05) is 18.5 Å². The Balaban J connectivity index is 2.33. The molecule has 1 aromatic heterocycles. The summed E-state index contributed by atoms with van der Waals surface area (Å²) in [5.74, 6) is 0. The fourth-order valence-electron chi connectivity index (χ4n) is 2.13. The summed E-state index contributed by atoms with van der Waals surface area (Å²) in [6.45, 7) is 4.86. The highest BCUT2D eigenvalue weighted by atomic mass is 35.5. The number of hydrogen-bond donors (Lipinski definition) is 0. The van der Waals surface area contributed by atoms with Gasteiger partial charge >= 0.3 is 0 Å². The highest BCUT2D eigenvalue weighted by Crippen LogP contribution is 2.28. The Kier molecular flexibility index (Phi) is 5.17. The van der Waals surface area contributed by atoms with Crippen molar-refractivity contribution in [3.8, 4) is 0 Å². The molecular formula is C14H17Cl2N3O2S. The lowest BCUT2D eigenvalue weighted by Gasteiger charge is -2.18. The van der Waals surface area contributed by atoms with Gasteiger partial charge in [-0.15, -0.1) is 0 Å². The Morgan fingerprint density at radius 2 is 2.00 bits per heavy atom. The lowest BCUT2D eigenvalue weighted by molar-refractivity contribution is 0.465. The first kappa shape index (κ1) is 17.3. The van der Waals surface area contributed by atoms with Crippen LogP contribution >= 0.6 is 23.2 Å². The second-order valence-electron chi connectivity index (χ2n) is 4.91. The van der Waals surface area contributed by atoms with E-state index in [4.69, 9.17) is 23.2 Å². The molecule has 0 aliphatic rings. The molecule has 0 aliphatic heterocycles. The van der Waals surface area contributed by atoms with E-state index in [2.05, 4.69) is 5.10 Å². The van der Waals surface area contributed by atoms with Crippen LogP contribution in [0.3, 0.4) is 0 Å². The number of halogens is 2. The Morgan fingerprint density at radius 3 is 2.59 bits per heavy atom. The molecule has 0 bridgehead atoms. The average molecular weight is 362 g/mol. The third-order valence-corrected chi connectivity index (χ3v) is 6.00. The molecule has 0 saturated heterocycles. The summed E-state index contributed by atoms with van der Waals surface area (Å²) in [7, 11) is -2.22. The molecule has 0 fully saturated rings. The standard InChI is InChI=1S/C14H17Cl2N3O2S/c1-4-19-10(2)11(8-17-19)9-18(3)22(20,21)14-7-12(15)5-6-13(14)16/h5-8H,4,9H2,1-3H3. The van der Waals surface area contributed by atoms with Gasteiger partial charge < -0.3 is 0 Å². The van der Waals surface area contributed by atoms with Gasteiger partial charge in [-0.1, -0.05) is 23.2 Å². The van der Waals surface area contributed by atoms with E-state index in [1.165, 1.54) is 23.5 Å². The summed E-state index contributed by atoms with van der Waals surface area (Å²) in [6.07, 6.45) is 1.68. The molecule has 0 unspecified atom stereocenters. The van der Waals surface area contributed by atoms with Gasteiger partial charge in [0.25, 0.3) is 0 Å². The van der Waals surface area contributed by atoms with E-state index >= 15 is 0 Å². The maximum Gasteiger partial charge on any atom is 0.244 e. The zero-order valence-corrected chi connectivity index (χ0v) is 14.9. The summed E-state index contributed by atoms with van der Waals surface area (Å²) in [5, 5.41) is 4.70. The molecule has 0 spiro atoms. The topological polar surface area (TPSA) is 55.2 Å². The summed E-state index contributed by atoms with van der Waals surface area (Å²) < 4.78 is 28.4. The van der Waals surface area contributed by atoms with Gasteiger partial charge in [0.1, 0.15) is 4.90 Å². The molecular weight excluding hydrogens is 345 g/mol. The molecule has 0 amide bonds. The van der Waals surface area contributed by atoms with Crippen molar-refractivity contribution in [2.24, 2.45) is 0 Å². The minimum absolute atomic E-state index is 0.00435. The minimum atomic E-state index is -3.72. The maximum absolute atomic E-state index is 12.7. The van der Waals surface area contributed by atoms with Crippen LogP contribution in [0.1, 0.15) is 18.2 Å². The molecule has 0 N–H and O–H groups in total. The maximum atomic E-state index is 12.7. The summed E-state index contributed by atoms with van der Waals surface area (Å²) in [5.41, 5.74) is 1.80. The van der Waals surface area contributed by atoms with E-state index < -0.39 is 10.0 Å². The van der Waals surface area contributed by atoms with Crippen molar-refractivity contribution in [1.29, 1.82) is 0 Å². The zero-order chi connectivity index (χ0) is 16.5. The number of benzene rings is 1. The molecule has 0 saturated carbocycles. The van der Waals surface area contributed by atoms with Crippen LogP contribution < -0.4 is 0 Å². The SMILES string of the molecule is CCn1ncc(CN(C)S(=O)(=O)c2cc(Cl)ccc2Cl)c1C. The Bertz CT molecular complexity index is 787. The monoisotopic (exact) mass is 361 g/mol. The van der Waals surface area contributed by atoms with Crippen molar-refractivity contribution < 1.29 is 8.42 Å². The molecule has 1 aromatic carbocycles. The van der Waals surface area contributed by atoms with Crippen molar-refractivity contribution in [2.45, 2.75) is 31.8 Å². The van der Waals surface area contributed by atoms with Gasteiger partial charge in [0.05, 0.1) is 11.2 Å². The van der Waals surface area contributed by atoms with Crippen molar-refractivity contribution in [1.82, 2.24) is 14.1 Å². The predicted octanol–water partition coefficient (Wildman–Crippen LogP) is 3.34. The van der Waals surface area contributed by atoms with Crippen LogP contribution in [0.2, 0.25) is 10.0 Å². The van der Waals surface area contributed by atoms with Gasteiger partial charge in [-0.25, -0.2) is 8.42 Å². The first-order valence-electron chi connectivity index (χ1n) is 6.70. The molecule has 0 aliphatic carbocycles. The largest absolute Gasteiger partial charge is 0.270 e. The van der Waals surface area contributed by atoms with Gasteiger partial charge in [0, 0.05) is 36.4 Å². The fourth-order valence-corrected chi connectivity index (χ4v) is 4.01. The third kappa shape index (κ3) is 3.30. The molecule has 22 heavy (non-hydrogen) atoms. The van der Waals surface area contributed by atoms with Crippen molar-refractivity contribution in [3.05, 3.63) is 45.7 Å². The van der Waals surface area contributed by atoms with Crippen molar-refractivity contribution >= 4 is 33.2 Å². The smallest absolute Gasteiger partial charge is 0.244 e. The zero-order valence-electron chi connectivity index (χ0n) is 12.5. The molecule has 8 heteroatoms. The Hall–Kier alpha value is -1.08. The highest BCUT2D eigenvalue weighted by Gasteiger charge is 2.25. The van der Waals surface area contributed by atoms with Gasteiger partial charge in [-0.2, -0.15) is 9.40 Å². The predicted molar refractivity (Wildman–Crippen MR) is 87.8 cm³/mol. The first-order chi connectivity index (χ1) is 10.3. The van der Waals surface area contributed by atoms with Crippen LogP contribution in [0.5, 0.6) is 0 Å². The minimum Gasteiger partial charge on any atom is -0.270 e. The number of nitrogens with zero attached hydrogens (tertiary/aromatic N) is 3. The van der Waals surface area contributed by atoms with Crippen LogP contribution in [0.25, 0.3) is 0 Å². The summed E-state index contributed by atoms with van der Waals surface area (Å²) in [4.78, 5) is 0.00435. The molecule has 1 heterocycles. The Labute approximate surface area is 140 Å². The highest BCUT2D eigenvalue weighted by molar-refractivity contribution is 7.89. The van der Waals surface area contributed by atoms with Crippen molar-refractivity contribution in [3.63, 3.8) is 0 Å². The van der Waals surface area contributed by atoms with Gasteiger partial charge in [0.15, 0.2) is 0 Å². The molecule has 5 nitrogen and oxygen atoms in total. The number of sulfonamides is 1. The number of hydrogen-bond acceptors (Lipinski definition) is 3. The summed E-state index contributed by atoms with van der Waals surface area (Å²) in [6, 6.07) is 4.39. The molecule has 2 aromatic rings. The van der Waals surface area contributed by atoms with Crippen LogP contribution in [0.15, 0.2) is 29.3 Å². The van der Waals surface area contributed by atoms with Gasteiger partial charge in [-0.05, 0) is 32.0 Å². The normalized spacial score (nSPS) is 12.1. The number of rotatable bonds is 5. The van der Waals surface area contributed by atoms with E-state index in [0.717, 1.165) is 17.8 Å². The third-order valence-electron chi connectivity index (χ3n) is 3.48. The average Bonchev–Trinajstić information content (AvgIpc) is 2.82. The number of aryl methyl sites for hydroxylation is 1. The quantitative estimate of drug-likeness (QED) is 0.820. The van der Waals surface area contributed by atoms with Gasteiger partial charge in [0.2, 0.25) is 10.0 Å². The molecule has 0 atom stereocenters. The number of aromatic nitrogens is 2. The van der Waals surface area contributed by atoms with E-state index in [1.54, 1.807) is 12.3 Å².